The highest BCUT2D eigenvalue weighted by atomic mass is 32.1. The van der Waals surface area contributed by atoms with Gasteiger partial charge in [0.15, 0.2) is 0 Å². The van der Waals surface area contributed by atoms with Crippen molar-refractivity contribution in [3.05, 3.63) is 21.4 Å². The SMILES string of the molecule is CCC(C)C(N)c1sc(C)cc1C. The third kappa shape index (κ3) is 2.32. The standard InChI is InChI=1S/C11H19NS/c1-5-7(2)10(12)11-8(3)6-9(4)13-11/h6-7,10H,5,12H2,1-4H3. The second kappa shape index (κ2) is 4.25. The summed E-state index contributed by atoms with van der Waals surface area (Å²) in [6.07, 6.45) is 1.15. The Bertz CT molecular complexity index is 278. The average molecular weight is 197 g/mol. The molecule has 0 aliphatic carbocycles. The normalized spacial score (nSPS) is 15.8. The van der Waals surface area contributed by atoms with Gasteiger partial charge in [-0.2, -0.15) is 0 Å². The number of hydrogen-bond donors (Lipinski definition) is 1. The maximum Gasteiger partial charge on any atom is 0.0418 e. The summed E-state index contributed by atoms with van der Waals surface area (Å²) < 4.78 is 0. The highest BCUT2D eigenvalue weighted by molar-refractivity contribution is 7.12. The summed E-state index contributed by atoms with van der Waals surface area (Å²) in [6.45, 7) is 8.71. The lowest BCUT2D eigenvalue weighted by Crippen LogP contribution is -2.17. The molecule has 13 heavy (non-hydrogen) atoms. The van der Waals surface area contributed by atoms with Crippen molar-refractivity contribution in [2.24, 2.45) is 11.7 Å². The molecule has 0 amide bonds. The lowest BCUT2D eigenvalue weighted by molar-refractivity contribution is 0.461. The van der Waals surface area contributed by atoms with Gasteiger partial charge in [-0.25, -0.2) is 0 Å². The van der Waals surface area contributed by atoms with Crippen molar-refractivity contribution in [1.29, 1.82) is 0 Å². The largest absolute Gasteiger partial charge is 0.323 e. The lowest BCUT2D eigenvalue weighted by Gasteiger charge is -2.17. The summed E-state index contributed by atoms with van der Waals surface area (Å²) in [6, 6.07) is 2.45. The molecule has 0 radical (unpaired) electrons. The molecule has 2 heteroatoms. The van der Waals surface area contributed by atoms with Crippen molar-refractivity contribution in [2.45, 2.75) is 40.2 Å². The Labute approximate surface area is 85.0 Å². The second-order valence-corrected chi connectivity index (χ2v) is 5.10. The van der Waals surface area contributed by atoms with E-state index in [0.717, 1.165) is 6.42 Å². The van der Waals surface area contributed by atoms with Crippen LogP contribution in [-0.4, -0.2) is 0 Å². The van der Waals surface area contributed by atoms with Crippen molar-refractivity contribution in [3.8, 4) is 0 Å². The number of nitrogens with two attached hydrogens (primary N) is 1. The molecular formula is C11H19NS. The minimum Gasteiger partial charge on any atom is -0.323 e. The molecule has 1 aromatic heterocycles. The summed E-state index contributed by atoms with van der Waals surface area (Å²) in [5.41, 5.74) is 7.53. The van der Waals surface area contributed by atoms with Gasteiger partial charge in [-0.1, -0.05) is 20.3 Å². The van der Waals surface area contributed by atoms with E-state index >= 15 is 0 Å². The van der Waals surface area contributed by atoms with Crippen molar-refractivity contribution >= 4 is 11.3 Å². The van der Waals surface area contributed by atoms with Crippen LogP contribution in [0.25, 0.3) is 0 Å². The van der Waals surface area contributed by atoms with Crippen LogP contribution in [0.1, 0.15) is 41.6 Å². The van der Waals surface area contributed by atoms with E-state index in [9.17, 15) is 0 Å². The average Bonchev–Trinajstić information content (AvgIpc) is 2.42. The molecule has 0 aliphatic rings. The zero-order valence-corrected chi connectivity index (χ0v) is 9.74. The van der Waals surface area contributed by atoms with Gasteiger partial charge in [0.25, 0.3) is 0 Å². The van der Waals surface area contributed by atoms with Crippen LogP contribution < -0.4 is 5.73 Å². The monoisotopic (exact) mass is 197 g/mol. The van der Waals surface area contributed by atoms with Gasteiger partial charge in [0.1, 0.15) is 0 Å². The molecule has 0 aliphatic heterocycles. The molecule has 2 N–H and O–H groups in total. The Morgan fingerprint density at radius 3 is 2.46 bits per heavy atom. The highest BCUT2D eigenvalue weighted by Gasteiger charge is 2.16. The summed E-state index contributed by atoms with van der Waals surface area (Å²) in [5, 5.41) is 0. The Hall–Kier alpha value is -0.340. The van der Waals surface area contributed by atoms with Crippen LogP contribution in [0.3, 0.4) is 0 Å². The minimum absolute atomic E-state index is 0.226. The Morgan fingerprint density at radius 1 is 1.46 bits per heavy atom. The van der Waals surface area contributed by atoms with Crippen molar-refractivity contribution in [3.63, 3.8) is 0 Å². The van der Waals surface area contributed by atoms with Gasteiger partial charge in [-0.05, 0) is 31.4 Å². The molecule has 1 aromatic rings. The van der Waals surface area contributed by atoms with Crippen molar-refractivity contribution in [1.82, 2.24) is 0 Å². The fourth-order valence-electron chi connectivity index (χ4n) is 1.50. The predicted molar refractivity (Wildman–Crippen MR) is 60.2 cm³/mol. The summed E-state index contributed by atoms with van der Waals surface area (Å²) >= 11 is 1.84. The first-order valence-corrected chi connectivity index (χ1v) is 5.70. The molecule has 0 spiro atoms. The van der Waals surface area contributed by atoms with E-state index in [1.807, 2.05) is 11.3 Å². The number of rotatable bonds is 3. The fourth-order valence-corrected chi connectivity index (χ4v) is 2.67. The van der Waals surface area contributed by atoms with Gasteiger partial charge in [-0.3, -0.25) is 0 Å². The molecule has 0 aromatic carbocycles. The Balaban J connectivity index is 2.87. The van der Waals surface area contributed by atoms with Crippen LogP contribution in [0.5, 0.6) is 0 Å². The predicted octanol–water partition coefficient (Wildman–Crippen LogP) is 3.41. The third-order valence-corrected chi connectivity index (χ3v) is 3.89. The van der Waals surface area contributed by atoms with Crippen LogP contribution in [0.15, 0.2) is 6.07 Å². The minimum atomic E-state index is 0.226. The van der Waals surface area contributed by atoms with E-state index in [1.54, 1.807) is 0 Å². The molecule has 0 saturated heterocycles. The molecule has 0 bridgehead atoms. The van der Waals surface area contributed by atoms with E-state index in [2.05, 4.69) is 33.8 Å². The van der Waals surface area contributed by atoms with E-state index < -0.39 is 0 Å². The lowest BCUT2D eigenvalue weighted by atomic mass is 9.97. The van der Waals surface area contributed by atoms with Crippen LogP contribution in [0, 0.1) is 19.8 Å². The van der Waals surface area contributed by atoms with Gasteiger partial charge in [0.2, 0.25) is 0 Å². The molecule has 0 saturated carbocycles. The van der Waals surface area contributed by atoms with E-state index in [0.29, 0.717) is 5.92 Å². The molecule has 1 rings (SSSR count). The van der Waals surface area contributed by atoms with Crippen LogP contribution in [0.2, 0.25) is 0 Å². The molecular weight excluding hydrogens is 178 g/mol. The van der Waals surface area contributed by atoms with Gasteiger partial charge in [0, 0.05) is 15.8 Å². The fraction of sp³-hybridized carbons (Fsp3) is 0.636. The van der Waals surface area contributed by atoms with Crippen LogP contribution in [0.4, 0.5) is 0 Å². The molecule has 1 heterocycles. The first-order valence-electron chi connectivity index (χ1n) is 4.88. The number of aryl methyl sites for hydroxylation is 2. The third-order valence-electron chi connectivity index (χ3n) is 2.64. The second-order valence-electron chi connectivity index (χ2n) is 3.82. The van der Waals surface area contributed by atoms with Crippen LogP contribution >= 0.6 is 11.3 Å². The first-order chi connectivity index (χ1) is 6.06. The summed E-state index contributed by atoms with van der Waals surface area (Å²) in [5.74, 6) is 0.580. The van der Waals surface area contributed by atoms with E-state index in [-0.39, 0.29) is 6.04 Å². The quantitative estimate of drug-likeness (QED) is 0.789. The van der Waals surface area contributed by atoms with Gasteiger partial charge >= 0.3 is 0 Å². The molecule has 1 nitrogen and oxygen atoms in total. The highest BCUT2D eigenvalue weighted by Crippen LogP contribution is 2.31. The Morgan fingerprint density at radius 2 is 2.08 bits per heavy atom. The van der Waals surface area contributed by atoms with Crippen molar-refractivity contribution in [2.75, 3.05) is 0 Å². The topological polar surface area (TPSA) is 26.0 Å². The maximum atomic E-state index is 6.17. The molecule has 0 fully saturated rings. The van der Waals surface area contributed by atoms with Crippen molar-refractivity contribution < 1.29 is 0 Å². The molecule has 74 valence electrons. The number of thiophene rings is 1. The first kappa shape index (κ1) is 10.7. The van der Waals surface area contributed by atoms with E-state index in [4.69, 9.17) is 5.73 Å². The zero-order chi connectivity index (χ0) is 10.0. The summed E-state index contributed by atoms with van der Waals surface area (Å²) in [4.78, 5) is 2.73. The van der Waals surface area contributed by atoms with Crippen LogP contribution in [-0.2, 0) is 0 Å². The van der Waals surface area contributed by atoms with Gasteiger partial charge in [-0.15, -0.1) is 11.3 Å². The van der Waals surface area contributed by atoms with Gasteiger partial charge < -0.3 is 5.73 Å². The summed E-state index contributed by atoms with van der Waals surface area (Å²) in [7, 11) is 0. The number of hydrogen-bond acceptors (Lipinski definition) is 2. The molecule has 2 unspecified atom stereocenters. The smallest absolute Gasteiger partial charge is 0.0418 e. The van der Waals surface area contributed by atoms with Gasteiger partial charge in [0.05, 0.1) is 0 Å². The Kier molecular flexibility index (Phi) is 3.51. The zero-order valence-electron chi connectivity index (χ0n) is 8.92. The maximum absolute atomic E-state index is 6.17. The van der Waals surface area contributed by atoms with E-state index in [1.165, 1.54) is 15.3 Å². The molecule has 2 atom stereocenters.